The predicted octanol–water partition coefficient (Wildman–Crippen LogP) is 4.36. The van der Waals surface area contributed by atoms with E-state index in [1.54, 1.807) is 0 Å². The van der Waals surface area contributed by atoms with Gasteiger partial charge < -0.3 is 10.5 Å². The maximum atomic E-state index is 13.1. The van der Waals surface area contributed by atoms with Crippen LogP contribution in [-0.2, 0) is 11.2 Å². The Morgan fingerprint density at radius 1 is 1.17 bits per heavy atom. The van der Waals surface area contributed by atoms with E-state index in [1.807, 2.05) is 61.5 Å². The third-order valence-electron chi connectivity index (χ3n) is 4.37. The van der Waals surface area contributed by atoms with Crippen molar-refractivity contribution in [3.63, 3.8) is 0 Å². The number of nitrogens with two attached hydrogens (primary N) is 1. The second-order valence-corrected chi connectivity index (χ2v) is 8.59. The van der Waals surface area contributed by atoms with Crippen LogP contribution in [-0.4, -0.2) is 21.9 Å². The van der Waals surface area contributed by atoms with Gasteiger partial charge in [-0.25, -0.2) is 0 Å². The molecule has 0 radical (unpaired) electrons. The lowest BCUT2D eigenvalue weighted by molar-refractivity contribution is -0.123. The molecule has 1 amide bonds. The molecule has 0 spiro atoms. The van der Waals surface area contributed by atoms with Crippen LogP contribution < -0.4 is 15.8 Å². The van der Waals surface area contributed by atoms with Crippen molar-refractivity contribution >= 4 is 49.6 Å². The molecule has 0 aliphatic rings. The van der Waals surface area contributed by atoms with E-state index in [4.69, 9.17) is 15.9 Å². The number of rotatable bonds is 7. The highest BCUT2D eigenvalue weighted by Gasteiger charge is 2.25. The van der Waals surface area contributed by atoms with Gasteiger partial charge in [0.25, 0.3) is 5.91 Å². The average molecular weight is 438 g/mol. The molecule has 1 unspecified atom stereocenters. The maximum absolute atomic E-state index is 13.1. The highest BCUT2D eigenvalue weighted by atomic mass is 32.1. The molecule has 9 heteroatoms. The van der Waals surface area contributed by atoms with Crippen molar-refractivity contribution in [2.75, 3.05) is 5.32 Å². The quantitative estimate of drug-likeness (QED) is 0.294. The van der Waals surface area contributed by atoms with Crippen LogP contribution >= 0.6 is 22.7 Å². The number of nitrogen functional groups attached to an aromatic ring is 1. The van der Waals surface area contributed by atoms with E-state index in [1.165, 1.54) is 22.7 Å². The molecule has 1 atom stereocenters. The summed E-state index contributed by atoms with van der Waals surface area (Å²) in [6.07, 6.45) is -0.128. The molecule has 2 heterocycles. The molecule has 30 heavy (non-hydrogen) atoms. The fourth-order valence-corrected chi connectivity index (χ4v) is 4.54. The van der Waals surface area contributed by atoms with Crippen LogP contribution in [0.15, 0.2) is 54.6 Å². The summed E-state index contributed by atoms with van der Waals surface area (Å²) in [7, 11) is 0. The van der Waals surface area contributed by atoms with Crippen LogP contribution in [0.5, 0.6) is 5.75 Å². The number of ether oxygens (including phenoxy) is 1. The molecule has 4 aromatic rings. The third kappa shape index (κ3) is 4.17. The Morgan fingerprint density at radius 2 is 1.97 bits per heavy atom. The summed E-state index contributed by atoms with van der Waals surface area (Å²) in [5, 5.41) is 20.7. The van der Waals surface area contributed by atoms with Crippen molar-refractivity contribution in [2.45, 2.75) is 19.4 Å². The number of nitrogens with zero attached hydrogens (tertiary/aromatic N) is 2. The zero-order valence-electron chi connectivity index (χ0n) is 16.1. The predicted molar refractivity (Wildman–Crippen MR) is 121 cm³/mol. The molecule has 0 aliphatic carbocycles. The molecular weight excluding hydrogens is 418 g/mol. The number of amides is 1. The number of aromatic nitrogens is 2. The largest absolute Gasteiger partial charge is 0.475 e. The second kappa shape index (κ2) is 8.60. The van der Waals surface area contributed by atoms with Crippen molar-refractivity contribution in [3.8, 4) is 5.75 Å². The van der Waals surface area contributed by atoms with E-state index in [9.17, 15) is 4.79 Å². The van der Waals surface area contributed by atoms with Crippen molar-refractivity contribution < 1.29 is 9.53 Å². The van der Waals surface area contributed by atoms with Crippen molar-refractivity contribution in [2.24, 2.45) is 5.73 Å². The molecule has 2 aromatic carbocycles. The van der Waals surface area contributed by atoms with Crippen LogP contribution in [0.25, 0.3) is 10.1 Å². The van der Waals surface area contributed by atoms with Crippen LogP contribution in [0, 0.1) is 5.41 Å². The van der Waals surface area contributed by atoms with Gasteiger partial charge in [0.15, 0.2) is 0 Å². The smallest absolute Gasteiger partial charge is 0.272 e. The lowest BCUT2D eigenvalue weighted by atomic mass is 10.1. The van der Waals surface area contributed by atoms with Crippen LogP contribution in [0.1, 0.15) is 28.5 Å². The molecule has 0 bridgehead atoms. The van der Waals surface area contributed by atoms with Gasteiger partial charge in [0, 0.05) is 15.6 Å². The molecule has 0 saturated heterocycles. The number of anilines is 1. The van der Waals surface area contributed by atoms with Crippen molar-refractivity contribution in [1.82, 2.24) is 10.2 Å². The summed E-state index contributed by atoms with van der Waals surface area (Å²) in [4.78, 5) is 13.8. The Balaban J connectivity index is 1.68. The average Bonchev–Trinajstić information content (AvgIpc) is 3.39. The number of carbonyl (C=O) groups excluding carboxylic acids is 1. The maximum Gasteiger partial charge on any atom is 0.272 e. The lowest BCUT2D eigenvalue weighted by Crippen LogP contribution is -2.25. The van der Waals surface area contributed by atoms with E-state index >= 15 is 0 Å². The number of amidine groups is 1. The highest BCUT2D eigenvalue weighted by molar-refractivity contribution is 7.20. The molecule has 0 saturated carbocycles. The normalized spacial score (nSPS) is 11.9. The van der Waals surface area contributed by atoms with Gasteiger partial charge in [-0.05, 0) is 24.6 Å². The summed E-state index contributed by atoms with van der Waals surface area (Å²) in [5.41, 5.74) is 6.36. The minimum absolute atomic E-state index is 0.00232. The minimum Gasteiger partial charge on any atom is -0.475 e. The van der Waals surface area contributed by atoms with Gasteiger partial charge in [0.2, 0.25) is 11.2 Å². The van der Waals surface area contributed by atoms with Gasteiger partial charge in [-0.3, -0.25) is 15.5 Å². The fourth-order valence-electron chi connectivity index (χ4n) is 2.92. The number of hydrogen-bond acceptors (Lipinski definition) is 7. The minimum atomic E-state index is -0.883. The number of nitrogens with one attached hydrogen (secondary N) is 2. The summed E-state index contributed by atoms with van der Waals surface area (Å²) in [6.45, 7) is 1.98. The third-order valence-corrected chi connectivity index (χ3v) is 6.49. The monoisotopic (exact) mass is 437 g/mol. The van der Waals surface area contributed by atoms with Gasteiger partial charge in [-0.2, -0.15) is 0 Å². The Labute approximate surface area is 181 Å². The van der Waals surface area contributed by atoms with Gasteiger partial charge in [-0.15, -0.1) is 21.5 Å². The summed E-state index contributed by atoms with van der Waals surface area (Å²) >= 11 is 2.76. The van der Waals surface area contributed by atoms with E-state index < -0.39 is 6.10 Å². The Bertz CT molecular complexity index is 1200. The van der Waals surface area contributed by atoms with Crippen molar-refractivity contribution in [1.29, 1.82) is 5.41 Å². The van der Waals surface area contributed by atoms with Gasteiger partial charge >= 0.3 is 0 Å². The van der Waals surface area contributed by atoms with Crippen LogP contribution in [0.3, 0.4) is 0 Å². The van der Waals surface area contributed by atoms with Crippen molar-refractivity contribution in [3.05, 3.63) is 70.0 Å². The van der Waals surface area contributed by atoms with Gasteiger partial charge in [-0.1, -0.05) is 54.7 Å². The molecular formula is C21H19N5O2S2. The van der Waals surface area contributed by atoms with Gasteiger partial charge in [0.1, 0.15) is 16.6 Å². The summed E-state index contributed by atoms with van der Waals surface area (Å²) in [5.74, 6) is 0.216. The first-order chi connectivity index (χ1) is 14.5. The zero-order chi connectivity index (χ0) is 21.1. The summed E-state index contributed by atoms with van der Waals surface area (Å²) in [6, 6.07) is 16.7. The van der Waals surface area contributed by atoms with Crippen LogP contribution in [0.4, 0.5) is 5.13 Å². The SMILES string of the molecule is CCc1nnc(NC(=O)C(Oc2cccc3sc(C(=N)N)cc23)c2ccccc2)s1. The molecule has 0 aliphatic heterocycles. The van der Waals surface area contributed by atoms with E-state index in [2.05, 4.69) is 15.5 Å². The number of hydrogen-bond donors (Lipinski definition) is 3. The Morgan fingerprint density at radius 3 is 2.67 bits per heavy atom. The highest BCUT2D eigenvalue weighted by Crippen LogP contribution is 2.35. The lowest BCUT2D eigenvalue weighted by Gasteiger charge is -2.19. The Kier molecular flexibility index (Phi) is 5.73. The second-order valence-electron chi connectivity index (χ2n) is 6.44. The fraction of sp³-hybridized carbons (Fsp3) is 0.143. The van der Waals surface area contributed by atoms with E-state index in [0.717, 1.165) is 21.5 Å². The number of aryl methyl sites for hydroxylation is 1. The number of carbonyl (C=O) groups is 1. The summed E-state index contributed by atoms with van der Waals surface area (Å²) < 4.78 is 7.15. The zero-order valence-corrected chi connectivity index (χ0v) is 17.7. The molecule has 4 rings (SSSR count). The first-order valence-corrected chi connectivity index (χ1v) is 10.9. The first kappa shape index (κ1) is 20.0. The molecule has 7 nitrogen and oxygen atoms in total. The first-order valence-electron chi connectivity index (χ1n) is 9.27. The Hall–Kier alpha value is -3.30. The van der Waals surface area contributed by atoms with Crippen LogP contribution in [0.2, 0.25) is 0 Å². The molecule has 2 aromatic heterocycles. The number of benzene rings is 2. The van der Waals surface area contributed by atoms with Gasteiger partial charge in [0.05, 0.1) is 4.88 Å². The number of thiophene rings is 1. The van der Waals surface area contributed by atoms with E-state index in [-0.39, 0.29) is 11.7 Å². The molecule has 4 N–H and O–H groups in total. The molecule has 152 valence electrons. The molecule has 0 fully saturated rings. The standard InChI is InChI=1S/C21H19N5O2S2/c1-2-17-25-26-21(30-17)24-20(27)18(12-7-4-3-5-8-12)28-14-9-6-10-15-13(14)11-16(29-15)19(22)23/h3-11,18H,2H2,1H3,(H3,22,23)(H,24,26,27). The van der Waals surface area contributed by atoms with E-state index in [0.29, 0.717) is 21.3 Å². The number of fused-ring (bicyclic) bond motifs is 1. The topological polar surface area (TPSA) is 114 Å².